The lowest BCUT2D eigenvalue weighted by Gasteiger charge is -2.51. The van der Waals surface area contributed by atoms with E-state index in [1.165, 1.54) is 56.3 Å². The van der Waals surface area contributed by atoms with Gasteiger partial charge in [-0.2, -0.15) is 0 Å². The summed E-state index contributed by atoms with van der Waals surface area (Å²) in [6.45, 7) is 9.92. The first-order valence-corrected chi connectivity index (χ1v) is 12.4. The highest BCUT2D eigenvalue weighted by Crippen LogP contribution is 2.41. The Bertz CT molecular complexity index is 555. The van der Waals surface area contributed by atoms with Gasteiger partial charge in [0.05, 0.1) is 0 Å². The van der Waals surface area contributed by atoms with Gasteiger partial charge in [0.1, 0.15) is 0 Å². The van der Waals surface area contributed by atoms with Crippen LogP contribution in [-0.4, -0.2) is 38.9 Å². The van der Waals surface area contributed by atoms with Crippen molar-refractivity contribution < 1.29 is 14.8 Å². The molecule has 0 bridgehead atoms. The minimum absolute atomic E-state index is 0.00636. The van der Waals surface area contributed by atoms with Crippen LogP contribution in [0.4, 0.5) is 0 Å². The van der Waals surface area contributed by atoms with Gasteiger partial charge in [-0.15, -0.1) is 10.3 Å². The van der Waals surface area contributed by atoms with Crippen LogP contribution in [0.3, 0.4) is 0 Å². The molecule has 0 aliphatic carbocycles. The highest BCUT2D eigenvalue weighted by molar-refractivity contribution is 6.03. The lowest BCUT2D eigenvalue weighted by atomic mass is 9.78. The molecule has 0 aromatic carbocycles. The van der Waals surface area contributed by atoms with Crippen molar-refractivity contribution in [3.63, 3.8) is 0 Å². The first-order valence-electron chi connectivity index (χ1n) is 12.4. The summed E-state index contributed by atoms with van der Waals surface area (Å²) in [5.41, 5.74) is -1.14. The van der Waals surface area contributed by atoms with E-state index in [2.05, 4.69) is 6.92 Å². The number of imide groups is 1. The zero-order valence-corrected chi connectivity index (χ0v) is 20.2. The Morgan fingerprint density at radius 1 is 0.800 bits per heavy atom. The van der Waals surface area contributed by atoms with Gasteiger partial charge in [0.15, 0.2) is 0 Å². The van der Waals surface area contributed by atoms with Crippen molar-refractivity contribution in [3.05, 3.63) is 0 Å². The summed E-state index contributed by atoms with van der Waals surface area (Å²) in [4.78, 5) is 27.2. The van der Waals surface area contributed by atoms with E-state index in [1.807, 2.05) is 27.7 Å². The molecule has 30 heavy (non-hydrogen) atoms. The average molecular weight is 422 g/mol. The summed E-state index contributed by atoms with van der Waals surface area (Å²) in [5, 5.41) is 13.8. The van der Waals surface area contributed by atoms with Crippen LogP contribution in [0, 0.1) is 5.92 Å². The molecular formula is C25H45N2O3. The molecule has 5 nitrogen and oxygen atoms in total. The fourth-order valence-electron chi connectivity index (χ4n) is 5.60. The van der Waals surface area contributed by atoms with E-state index >= 15 is 0 Å². The number of piperidine rings is 1. The second-order valence-corrected chi connectivity index (χ2v) is 11.0. The molecule has 1 unspecified atom stereocenters. The molecule has 2 amide bonds. The monoisotopic (exact) mass is 421 g/mol. The van der Waals surface area contributed by atoms with Crippen LogP contribution in [-0.2, 0) is 14.8 Å². The number of unbranched alkanes of at least 4 members (excludes halogenated alkanes) is 9. The molecule has 2 fully saturated rings. The highest BCUT2D eigenvalue weighted by Gasteiger charge is 2.51. The number of hydrogen-bond donors (Lipinski definition) is 0. The fourth-order valence-corrected chi connectivity index (χ4v) is 5.60. The molecule has 2 aliphatic rings. The van der Waals surface area contributed by atoms with Gasteiger partial charge in [0.2, 0.25) is 11.8 Å². The quantitative estimate of drug-likeness (QED) is 0.285. The standard InChI is InChI=1S/C25H45N2O3/c1-6-7-8-9-10-11-12-13-14-15-16-20-17-22(28)26(23(20)29)21-18-24(2,3)27(30)25(4,5)19-21/h20-21H,6-19H2,1-5H3. The maximum Gasteiger partial charge on any atom is 0.233 e. The lowest BCUT2D eigenvalue weighted by Crippen LogP contribution is -2.63. The summed E-state index contributed by atoms with van der Waals surface area (Å²) < 4.78 is 0. The number of likely N-dealkylation sites (tertiary alicyclic amines) is 1. The second kappa shape index (κ2) is 11.1. The summed E-state index contributed by atoms with van der Waals surface area (Å²) in [6.07, 6.45) is 15.1. The van der Waals surface area contributed by atoms with E-state index < -0.39 is 11.1 Å². The van der Waals surface area contributed by atoms with Crippen LogP contribution in [0.2, 0.25) is 0 Å². The van der Waals surface area contributed by atoms with Crippen LogP contribution in [0.5, 0.6) is 0 Å². The van der Waals surface area contributed by atoms with Crippen molar-refractivity contribution in [2.24, 2.45) is 5.92 Å². The Balaban J connectivity index is 1.73. The van der Waals surface area contributed by atoms with Crippen molar-refractivity contribution in [1.29, 1.82) is 0 Å². The minimum atomic E-state index is -0.568. The molecule has 0 N–H and O–H groups in total. The van der Waals surface area contributed by atoms with E-state index in [9.17, 15) is 14.8 Å². The molecule has 0 saturated carbocycles. The summed E-state index contributed by atoms with van der Waals surface area (Å²) in [5.74, 6) is -0.178. The van der Waals surface area contributed by atoms with Crippen molar-refractivity contribution in [2.45, 2.75) is 142 Å². The van der Waals surface area contributed by atoms with Gasteiger partial charge in [-0.05, 0) is 47.0 Å². The number of amides is 2. The van der Waals surface area contributed by atoms with Crippen molar-refractivity contribution in [3.8, 4) is 0 Å². The largest absolute Gasteiger partial charge is 0.279 e. The van der Waals surface area contributed by atoms with Crippen molar-refractivity contribution >= 4 is 11.8 Å². The van der Waals surface area contributed by atoms with Crippen LogP contribution in [0.25, 0.3) is 0 Å². The zero-order chi connectivity index (χ0) is 22.4. The number of nitrogens with zero attached hydrogens (tertiary/aromatic N) is 2. The van der Waals surface area contributed by atoms with E-state index in [4.69, 9.17) is 0 Å². The molecular weight excluding hydrogens is 376 g/mol. The summed E-state index contributed by atoms with van der Waals surface area (Å²) in [6, 6.07) is -0.155. The third-order valence-electron chi connectivity index (χ3n) is 7.12. The topological polar surface area (TPSA) is 60.5 Å². The first kappa shape index (κ1) is 25.3. The van der Waals surface area contributed by atoms with Crippen LogP contribution in [0.1, 0.15) is 125 Å². The predicted octanol–water partition coefficient (Wildman–Crippen LogP) is 6.04. The molecule has 173 valence electrons. The van der Waals surface area contributed by atoms with Crippen LogP contribution < -0.4 is 0 Å². The number of hydrogen-bond acceptors (Lipinski definition) is 3. The smallest absolute Gasteiger partial charge is 0.233 e. The average Bonchev–Trinajstić information content (AvgIpc) is 2.94. The normalized spacial score (nSPS) is 24.7. The fraction of sp³-hybridized carbons (Fsp3) is 0.920. The number of hydroxylamine groups is 2. The molecule has 0 aromatic rings. The van der Waals surface area contributed by atoms with E-state index in [1.54, 1.807) is 0 Å². The van der Waals surface area contributed by atoms with Crippen LogP contribution in [0.15, 0.2) is 0 Å². The predicted molar refractivity (Wildman–Crippen MR) is 120 cm³/mol. The van der Waals surface area contributed by atoms with Gasteiger partial charge < -0.3 is 0 Å². The van der Waals surface area contributed by atoms with E-state index in [0.717, 1.165) is 24.3 Å². The molecule has 5 heteroatoms. The highest BCUT2D eigenvalue weighted by atomic mass is 16.5. The van der Waals surface area contributed by atoms with Gasteiger partial charge in [-0.25, -0.2) is 0 Å². The molecule has 2 saturated heterocycles. The molecule has 0 spiro atoms. The van der Waals surface area contributed by atoms with Gasteiger partial charge >= 0.3 is 0 Å². The molecule has 1 radical (unpaired) electrons. The van der Waals surface area contributed by atoms with Crippen LogP contribution >= 0.6 is 0 Å². The second-order valence-electron chi connectivity index (χ2n) is 11.0. The Morgan fingerprint density at radius 2 is 1.27 bits per heavy atom. The maximum atomic E-state index is 13.0. The minimum Gasteiger partial charge on any atom is -0.279 e. The molecule has 2 aliphatic heterocycles. The van der Waals surface area contributed by atoms with Gasteiger partial charge in [0, 0.05) is 29.5 Å². The number of carbonyl (C=O) groups is 2. The Kier molecular flexibility index (Phi) is 9.35. The molecule has 2 heterocycles. The Hall–Kier alpha value is -0.940. The Morgan fingerprint density at radius 3 is 1.77 bits per heavy atom. The van der Waals surface area contributed by atoms with Crippen molar-refractivity contribution in [2.75, 3.05) is 0 Å². The third-order valence-corrected chi connectivity index (χ3v) is 7.12. The zero-order valence-electron chi connectivity index (χ0n) is 20.2. The van der Waals surface area contributed by atoms with Gasteiger partial charge in [-0.1, -0.05) is 71.1 Å². The maximum absolute atomic E-state index is 13.0. The SMILES string of the molecule is CCCCCCCCCCCCC1CC(=O)N(C2CC(C)(C)N([O])C(C)(C)C2)C1=O. The lowest BCUT2D eigenvalue weighted by molar-refractivity contribution is -0.293. The van der Waals surface area contributed by atoms with Gasteiger partial charge in [0.25, 0.3) is 0 Å². The van der Waals surface area contributed by atoms with E-state index in [-0.39, 0.29) is 23.8 Å². The third kappa shape index (κ3) is 6.53. The first-order chi connectivity index (χ1) is 14.1. The summed E-state index contributed by atoms with van der Waals surface area (Å²) >= 11 is 0. The molecule has 2 rings (SSSR count). The molecule has 1 atom stereocenters. The Labute approximate surface area is 184 Å². The number of carbonyl (C=O) groups excluding carboxylic acids is 2. The number of rotatable bonds is 12. The van der Waals surface area contributed by atoms with Gasteiger partial charge in [-0.3, -0.25) is 14.5 Å². The van der Waals surface area contributed by atoms with Crippen molar-refractivity contribution in [1.82, 2.24) is 9.96 Å². The summed E-state index contributed by atoms with van der Waals surface area (Å²) in [7, 11) is 0. The molecule has 0 aromatic heterocycles. The van der Waals surface area contributed by atoms with E-state index in [0.29, 0.717) is 19.3 Å².